The van der Waals surface area contributed by atoms with E-state index in [4.69, 9.17) is 10.5 Å². The van der Waals surface area contributed by atoms with Crippen LogP contribution >= 0.6 is 0 Å². The molecular formula is C20H25N3O3. The van der Waals surface area contributed by atoms with Crippen molar-refractivity contribution >= 4 is 23.2 Å². The molecule has 0 aromatic heterocycles. The van der Waals surface area contributed by atoms with Crippen LogP contribution in [0.5, 0.6) is 5.75 Å². The Morgan fingerprint density at radius 2 is 1.58 bits per heavy atom. The Morgan fingerprint density at radius 1 is 1.00 bits per heavy atom. The van der Waals surface area contributed by atoms with Gasteiger partial charge in [0.1, 0.15) is 5.75 Å². The molecule has 0 aliphatic rings. The lowest BCUT2D eigenvalue weighted by atomic mass is 9.97. The molecule has 26 heavy (non-hydrogen) atoms. The van der Waals surface area contributed by atoms with Gasteiger partial charge in [-0.1, -0.05) is 20.8 Å². The van der Waals surface area contributed by atoms with Gasteiger partial charge >= 0.3 is 0 Å². The molecule has 6 heteroatoms. The Morgan fingerprint density at radius 3 is 2.08 bits per heavy atom. The number of nitrogens with one attached hydrogen (secondary N) is 2. The van der Waals surface area contributed by atoms with Crippen LogP contribution in [-0.2, 0) is 0 Å². The number of carbonyl (C=O) groups excluding carboxylic acids is 2. The zero-order valence-electron chi connectivity index (χ0n) is 15.6. The van der Waals surface area contributed by atoms with Gasteiger partial charge in [0.15, 0.2) is 0 Å². The minimum absolute atomic E-state index is 0.00962. The van der Waals surface area contributed by atoms with Crippen LogP contribution in [0.25, 0.3) is 0 Å². The molecule has 0 fully saturated rings. The summed E-state index contributed by atoms with van der Waals surface area (Å²) in [5.74, 6) is 0.111. The second-order valence-corrected chi connectivity index (χ2v) is 7.23. The van der Waals surface area contributed by atoms with E-state index in [-0.39, 0.29) is 17.2 Å². The number of carbonyl (C=O) groups is 2. The number of rotatable bonds is 5. The quantitative estimate of drug-likeness (QED) is 0.717. The molecule has 2 aromatic rings. The van der Waals surface area contributed by atoms with Gasteiger partial charge in [0.05, 0.1) is 12.8 Å². The summed E-state index contributed by atoms with van der Waals surface area (Å²) in [6.45, 7) is 6.72. The van der Waals surface area contributed by atoms with Crippen LogP contribution in [0, 0.1) is 5.41 Å². The first-order chi connectivity index (χ1) is 12.2. The first-order valence-corrected chi connectivity index (χ1v) is 8.33. The Kier molecular flexibility index (Phi) is 5.87. The lowest BCUT2D eigenvalue weighted by Gasteiger charge is -2.18. The average Bonchev–Trinajstić information content (AvgIpc) is 2.59. The summed E-state index contributed by atoms with van der Waals surface area (Å²) in [5, 5.41) is 5.65. The zero-order chi connectivity index (χ0) is 19.3. The molecule has 0 spiro atoms. The van der Waals surface area contributed by atoms with E-state index in [1.165, 1.54) is 7.11 Å². The third kappa shape index (κ3) is 5.24. The van der Waals surface area contributed by atoms with Crippen LogP contribution in [0.3, 0.4) is 0 Å². The first kappa shape index (κ1) is 19.3. The SMILES string of the molecule is COc1ccc(NC(=O)c2ccc(C(=O)NCC(C)(C)C)cc2)cc1N. The molecule has 0 heterocycles. The van der Waals surface area contributed by atoms with Gasteiger partial charge in [0.25, 0.3) is 11.8 Å². The summed E-state index contributed by atoms with van der Waals surface area (Å²) in [6.07, 6.45) is 0. The van der Waals surface area contributed by atoms with E-state index in [1.807, 2.05) is 20.8 Å². The number of nitrogen functional groups attached to an aromatic ring is 1. The van der Waals surface area contributed by atoms with Crippen molar-refractivity contribution < 1.29 is 14.3 Å². The lowest BCUT2D eigenvalue weighted by molar-refractivity contribution is 0.0938. The highest BCUT2D eigenvalue weighted by atomic mass is 16.5. The molecule has 0 unspecified atom stereocenters. The van der Waals surface area contributed by atoms with E-state index in [1.54, 1.807) is 42.5 Å². The van der Waals surface area contributed by atoms with Crippen molar-refractivity contribution in [2.75, 3.05) is 24.7 Å². The number of hydrogen-bond donors (Lipinski definition) is 3. The largest absolute Gasteiger partial charge is 0.495 e. The molecule has 2 rings (SSSR count). The second kappa shape index (κ2) is 7.91. The van der Waals surface area contributed by atoms with Crippen LogP contribution in [0.2, 0.25) is 0 Å². The predicted octanol–water partition coefficient (Wildman–Crippen LogP) is 3.31. The van der Waals surface area contributed by atoms with E-state index in [9.17, 15) is 9.59 Å². The van der Waals surface area contributed by atoms with Crippen molar-refractivity contribution in [3.8, 4) is 5.75 Å². The molecule has 2 aromatic carbocycles. The summed E-state index contributed by atoms with van der Waals surface area (Å²) < 4.78 is 5.09. The molecule has 0 bridgehead atoms. The molecular weight excluding hydrogens is 330 g/mol. The van der Waals surface area contributed by atoms with Crippen molar-refractivity contribution in [3.05, 3.63) is 53.6 Å². The molecule has 2 amide bonds. The summed E-state index contributed by atoms with van der Waals surface area (Å²) in [7, 11) is 1.53. The highest BCUT2D eigenvalue weighted by Gasteiger charge is 2.14. The van der Waals surface area contributed by atoms with Crippen LogP contribution in [0.4, 0.5) is 11.4 Å². The third-order valence-electron chi connectivity index (χ3n) is 3.68. The minimum atomic E-state index is -0.281. The minimum Gasteiger partial charge on any atom is -0.495 e. The maximum atomic E-state index is 12.3. The second-order valence-electron chi connectivity index (χ2n) is 7.23. The first-order valence-electron chi connectivity index (χ1n) is 8.33. The van der Waals surface area contributed by atoms with Gasteiger partial charge in [-0.05, 0) is 47.9 Å². The van der Waals surface area contributed by atoms with Crippen LogP contribution in [0.15, 0.2) is 42.5 Å². The number of nitrogens with two attached hydrogens (primary N) is 1. The van der Waals surface area contributed by atoms with E-state index < -0.39 is 0 Å². The van der Waals surface area contributed by atoms with Gasteiger partial charge < -0.3 is 21.1 Å². The maximum Gasteiger partial charge on any atom is 0.255 e. The molecule has 0 aliphatic heterocycles. The standard InChI is InChI=1S/C20H25N3O3/c1-20(2,3)12-22-18(24)13-5-7-14(8-6-13)19(25)23-15-9-10-17(26-4)16(21)11-15/h5-11H,12,21H2,1-4H3,(H,22,24)(H,23,25). The van der Waals surface area contributed by atoms with Gasteiger partial charge in [-0.15, -0.1) is 0 Å². The van der Waals surface area contributed by atoms with Gasteiger partial charge in [0, 0.05) is 23.4 Å². The summed E-state index contributed by atoms with van der Waals surface area (Å²) in [4.78, 5) is 24.5. The molecule has 0 saturated carbocycles. The fourth-order valence-corrected chi connectivity index (χ4v) is 2.24. The number of benzene rings is 2. The van der Waals surface area contributed by atoms with Gasteiger partial charge in [-0.3, -0.25) is 9.59 Å². The van der Waals surface area contributed by atoms with Crippen LogP contribution < -0.4 is 21.1 Å². The molecule has 0 aliphatic carbocycles. The van der Waals surface area contributed by atoms with Gasteiger partial charge in [-0.25, -0.2) is 0 Å². The summed E-state index contributed by atoms with van der Waals surface area (Å²) in [6, 6.07) is 11.5. The molecule has 0 atom stereocenters. The fourth-order valence-electron chi connectivity index (χ4n) is 2.24. The Hall–Kier alpha value is -3.02. The molecule has 6 nitrogen and oxygen atoms in total. The van der Waals surface area contributed by atoms with Gasteiger partial charge in [-0.2, -0.15) is 0 Å². The predicted molar refractivity (Wildman–Crippen MR) is 104 cm³/mol. The molecule has 0 saturated heterocycles. The lowest BCUT2D eigenvalue weighted by Crippen LogP contribution is -2.32. The fraction of sp³-hybridized carbons (Fsp3) is 0.300. The smallest absolute Gasteiger partial charge is 0.255 e. The normalized spacial score (nSPS) is 10.9. The number of amides is 2. The van der Waals surface area contributed by atoms with Gasteiger partial charge in [0.2, 0.25) is 0 Å². The summed E-state index contributed by atoms with van der Waals surface area (Å²) in [5.41, 5.74) is 7.82. The third-order valence-corrected chi connectivity index (χ3v) is 3.68. The highest BCUT2D eigenvalue weighted by molar-refractivity contribution is 6.05. The molecule has 138 valence electrons. The monoisotopic (exact) mass is 355 g/mol. The molecule has 4 N–H and O–H groups in total. The van der Waals surface area contributed by atoms with E-state index in [0.717, 1.165) is 0 Å². The van der Waals surface area contributed by atoms with E-state index >= 15 is 0 Å². The topological polar surface area (TPSA) is 93.4 Å². The number of ether oxygens (including phenoxy) is 1. The van der Waals surface area contributed by atoms with Crippen molar-refractivity contribution in [2.24, 2.45) is 5.41 Å². The summed E-state index contributed by atoms with van der Waals surface area (Å²) >= 11 is 0. The van der Waals surface area contributed by atoms with Crippen molar-refractivity contribution in [1.29, 1.82) is 0 Å². The Bertz CT molecular complexity index is 793. The Labute approximate surface area is 153 Å². The average molecular weight is 355 g/mol. The van der Waals surface area contributed by atoms with Crippen molar-refractivity contribution in [1.82, 2.24) is 5.32 Å². The van der Waals surface area contributed by atoms with Crippen molar-refractivity contribution in [2.45, 2.75) is 20.8 Å². The van der Waals surface area contributed by atoms with E-state index in [2.05, 4.69) is 10.6 Å². The Balaban J connectivity index is 2.02. The van der Waals surface area contributed by atoms with Crippen molar-refractivity contribution in [3.63, 3.8) is 0 Å². The highest BCUT2D eigenvalue weighted by Crippen LogP contribution is 2.24. The number of anilines is 2. The van der Waals surface area contributed by atoms with Crippen LogP contribution in [0.1, 0.15) is 41.5 Å². The zero-order valence-corrected chi connectivity index (χ0v) is 15.6. The number of methoxy groups -OCH3 is 1. The maximum absolute atomic E-state index is 12.3. The van der Waals surface area contributed by atoms with E-state index in [0.29, 0.717) is 34.8 Å². The number of hydrogen-bond acceptors (Lipinski definition) is 4. The van der Waals surface area contributed by atoms with Crippen LogP contribution in [-0.4, -0.2) is 25.5 Å². The molecule has 0 radical (unpaired) electrons.